The lowest BCUT2D eigenvalue weighted by Crippen LogP contribution is -2.40. The van der Waals surface area contributed by atoms with Gasteiger partial charge < -0.3 is 15.2 Å². The molecule has 1 rings (SSSR count). The first-order valence-corrected chi connectivity index (χ1v) is 11.6. The molecule has 0 saturated carbocycles. The molecular formula is C18H26N2O4Si. The van der Waals surface area contributed by atoms with Crippen LogP contribution in [0.4, 0.5) is 0 Å². The van der Waals surface area contributed by atoms with Gasteiger partial charge in [0.15, 0.2) is 5.69 Å². The molecule has 1 aromatic heterocycles. The molecule has 0 aliphatic heterocycles. The summed E-state index contributed by atoms with van der Waals surface area (Å²) >= 11 is 0. The molecule has 136 valence electrons. The Morgan fingerprint density at radius 3 is 2.52 bits per heavy atom. The number of aromatic nitrogens is 1. The van der Waals surface area contributed by atoms with E-state index in [0.717, 1.165) is 0 Å². The standard InChI is InChI=1S/C18H26N2O4Si/c1-7-24-17(23)18(2,3)12-20-16(22)15-14(21)10-13(11-19-15)8-9-25(4,5)6/h10-11,21H,7,12H2,1-6H3,(H,20,22). The van der Waals surface area contributed by atoms with E-state index in [1.165, 1.54) is 12.3 Å². The summed E-state index contributed by atoms with van der Waals surface area (Å²) in [6, 6.07) is 1.42. The maximum atomic E-state index is 12.2. The third kappa shape index (κ3) is 6.59. The SMILES string of the molecule is CCOC(=O)C(C)(C)CNC(=O)c1ncc(C#C[Si](C)(C)C)cc1O. The Morgan fingerprint density at radius 1 is 1.36 bits per heavy atom. The van der Waals surface area contributed by atoms with Crippen molar-refractivity contribution in [3.05, 3.63) is 23.5 Å². The number of ether oxygens (including phenoxy) is 1. The molecule has 0 spiro atoms. The van der Waals surface area contributed by atoms with E-state index in [1.54, 1.807) is 20.8 Å². The number of rotatable bonds is 5. The van der Waals surface area contributed by atoms with Gasteiger partial charge >= 0.3 is 5.97 Å². The highest BCUT2D eigenvalue weighted by atomic mass is 28.3. The van der Waals surface area contributed by atoms with E-state index < -0.39 is 25.4 Å². The van der Waals surface area contributed by atoms with Crippen molar-refractivity contribution in [3.63, 3.8) is 0 Å². The number of carbonyl (C=O) groups is 2. The average Bonchev–Trinajstić information content (AvgIpc) is 2.50. The van der Waals surface area contributed by atoms with Crippen molar-refractivity contribution < 1.29 is 19.4 Å². The van der Waals surface area contributed by atoms with Gasteiger partial charge in [0.1, 0.15) is 13.8 Å². The van der Waals surface area contributed by atoms with Crippen molar-refractivity contribution in [2.75, 3.05) is 13.2 Å². The highest BCUT2D eigenvalue weighted by molar-refractivity contribution is 6.83. The number of hydrogen-bond acceptors (Lipinski definition) is 5. The normalized spacial score (nSPS) is 11.3. The topological polar surface area (TPSA) is 88.5 Å². The smallest absolute Gasteiger partial charge is 0.313 e. The predicted octanol–water partition coefficient (Wildman–Crippen LogP) is 2.34. The van der Waals surface area contributed by atoms with Gasteiger partial charge in [-0.15, -0.1) is 5.54 Å². The van der Waals surface area contributed by atoms with Crippen LogP contribution in [0.15, 0.2) is 12.3 Å². The van der Waals surface area contributed by atoms with E-state index in [0.29, 0.717) is 5.56 Å². The molecule has 1 aromatic rings. The number of hydrogen-bond donors (Lipinski definition) is 2. The first kappa shape index (κ1) is 20.7. The monoisotopic (exact) mass is 362 g/mol. The van der Waals surface area contributed by atoms with Gasteiger partial charge in [-0.1, -0.05) is 25.6 Å². The number of nitrogens with one attached hydrogen (secondary N) is 1. The van der Waals surface area contributed by atoms with E-state index in [-0.39, 0.29) is 24.6 Å². The zero-order valence-corrected chi connectivity index (χ0v) is 16.7. The zero-order chi connectivity index (χ0) is 19.3. The predicted molar refractivity (Wildman–Crippen MR) is 98.9 cm³/mol. The van der Waals surface area contributed by atoms with Gasteiger partial charge in [0.2, 0.25) is 0 Å². The average molecular weight is 363 g/mol. The van der Waals surface area contributed by atoms with Crippen molar-refractivity contribution in [2.24, 2.45) is 5.41 Å². The Bertz CT molecular complexity index is 712. The fourth-order valence-electron chi connectivity index (χ4n) is 1.74. The highest BCUT2D eigenvalue weighted by Gasteiger charge is 2.30. The summed E-state index contributed by atoms with van der Waals surface area (Å²) in [6.45, 7) is 11.8. The maximum absolute atomic E-state index is 12.2. The van der Waals surface area contributed by atoms with Crippen LogP contribution in [0.25, 0.3) is 0 Å². The minimum Gasteiger partial charge on any atom is -0.505 e. The van der Waals surface area contributed by atoms with Gasteiger partial charge in [-0.25, -0.2) is 4.98 Å². The van der Waals surface area contributed by atoms with E-state index in [1.807, 2.05) is 0 Å². The lowest BCUT2D eigenvalue weighted by atomic mass is 9.93. The lowest BCUT2D eigenvalue weighted by Gasteiger charge is -2.22. The Kier molecular flexibility index (Phi) is 6.76. The largest absolute Gasteiger partial charge is 0.505 e. The molecule has 2 N–H and O–H groups in total. The molecule has 0 bridgehead atoms. The van der Waals surface area contributed by atoms with Gasteiger partial charge in [-0.2, -0.15) is 0 Å². The first-order valence-electron chi connectivity index (χ1n) is 8.14. The second-order valence-electron chi connectivity index (χ2n) is 7.38. The van der Waals surface area contributed by atoms with Crippen LogP contribution in [0.2, 0.25) is 19.6 Å². The fourth-order valence-corrected chi connectivity index (χ4v) is 2.26. The molecule has 0 aromatic carbocycles. The molecule has 0 saturated heterocycles. The van der Waals surface area contributed by atoms with Crippen LogP contribution < -0.4 is 5.32 Å². The molecule has 0 radical (unpaired) electrons. The van der Waals surface area contributed by atoms with Crippen LogP contribution in [-0.2, 0) is 9.53 Å². The Hall–Kier alpha value is -2.33. The van der Waals surface area contributed by atoms with Crippen LogP contribution in [0.1, 0.15) is 36.8 Å². The van der Waals surface area contributed by atoms with Crippen molar-refractivity contribution in [2.45, 2.75) is 40.4 Å². The Balaban J connectivity index is 2.83. The molecule has 25 heavy (non-hydrogen) atoms. The van der Waals surface area contributed by atoms with Gasteiger partial charge in [0.05, 0.1) is 12.0 Å². The fraction of sp³-hybridized carbons (Fsp3) is 0.500. The molecule has 0 aliphatic rings. The number of carbonyl (C=O) groups excluding carboxylic acids is 2. The van der Waals surface area contributed by atoms with Crippen molar-refractivity contribution >= 4 is 20.0 Å². The minimum absolute atomic E-state index is 0.0724. The number of pyridine rings is 1. The molecular weight excluding hydrogens is 336 g/mol. The van der Waals surface area contributed by atoms with E-state index in [9.17, 15) is 14.7 Å². The number of esters is 1. The van der Waals surface area contributed by atoms with Gasteiger partial charge in [0.25, 0.3) is 5.91 Å². The molecule has 1 amide bonds. The molecule has 0 atom stereocenters. The minimum atomic E-state index is -1.54. The van der Waals surface area contributed by atoms with Crippen molar-refractivity contribution in [1.29, 1.82) is 0 Å². The summed E-state index contributed by atoms with van der Waals surface area (Å²) < 4.78 is 4.97. The van der Waals surface area contributed by atoms with Gasteiger partial charge in [0, 0.05) is 18.3 Å². The summed E-state index contributed by atoms with van der Waals surface area (Å²) in [4.78, 5) is 28.0. The second kappa shape index (κ2) is 8.16. The lowest BCUT2D eigenvalue weighted by molar-refractivity contribution is -0.153. The maximum Gasteiger partial charge on any atom is 0.313 e. The van der Waals surface area contributed by atoms with E-state index >= 15 is 0 Å². The number of aromatic hydroxyl groups is 1. The van der Waals surface area contributed by atoms with Crippen LogP contribution in [0.5, 0.6) is 5.75 Å². The Labute approximate surface area is 150 Å². The van der Waals surface area contributed by atoms with E-state index in [4.69, 9.17) is 4.74 Å². The summed E-state index contributed by atoms with van der Waals surface area (Å²) in [5.74, 6) is 1.78. The van der Waals surface area contributed by atoms with Gasteiger partial charge in [-0.05, 0) is 26.8 Å². The van der Waals surface area contributed by atoms with Crippen LogP contribution >= 0.6 is 0 Å². The molecule has 0 unspecified atom stereocenters. The quantitative estimate of drug-likeness (QED) is 0.477. The van der Waals surface area contributed by atoms with Crippen molar-refractivity contribution in [1.82, 2.24) is 10.3 Å². The van der Waals surface area contributed by atoms with Crippen LogP contribution in [0.3, 0.4) is 0 Å². The summed E-state index contributed by atoms with van der Waals surface area (Å²) in [5.41, 5.74) is 2.76. The van der Waals surface area contributed by atoms with E-state index in [2.05, 4.69) is 41.4 Å². The van der Waals surface area contributed by atoms with Crippen molar-refractivity contribution in [3.8, 4) is 17.2 Å². The second-order valence-corrected chi connectivity index (χ2v) is 12.1. The molecule has 7 heteroatoms. The summed E-state index contributed by atoms with van der Waals surface area (Å²) in [7, 11) is -1.54. The third-order valence-electron chi connectivity index (χ3n) is 3.18. The third-order valence-corrected chi connectivity index (χ3v) is 4.06. The molecule has 1 heterocycles. The molecule has 0 aliphatic carbocycles. The van der Waals surface area contributed by atoms with Gasteiger partial charge in [-0.3, -0.25) is 9.59 Å². The molecule has 0 fully saturated rings. The first-order chi connectivity index (χ1) is 11.5. The highest BCUT2D eigenvalue weighted by Crippen LogP contribution is 2.18. The van der Waals surface area contributed by atoms with Crippen LogP contribution in [-0.4, -0.2) is 43.2 Å². The Morgan fingerprint density at radius 2 is 2.00 bits per heavy atom. The van der Waals surface area contributed by atoms with Crippen LogP contribution in [0, 0.1) is 16.9 Å². The molecule has 6 nitrogen and oxygen atoms in total. The summed E-state index contributed by atoms with van der Waals surface area (Å²) in [6.07, 6.45) is 1.46. The number of amides is 1. The summed E-state index contributed by atoms with van der Waals surface area (Å²) in [5, 5.41) is 12.6. The number of nitrogens with zero attached hydrogens (tertiary/aromatic N) is 1. The zero-order valence-electron chi connectivity index (χ0n) is 15.7.